The molecule has 0 fully saturated rings. The largest absolute Gasteiger partial charge is 0.332 e. The molecule has 0 atom stereocenters. The van der Waals surface area contributed by atoms with Gasteiger partial charge in [-0.05, 0) is 37.3 Å². The Balaban J connectivity index is 1.67. The molecule has 0 bridgehead atoms. The Kier molecular flexibility index (Phi) is 3.75. The lowest BCUT2D eigenvalue weighted by atomic mass is 10.2. The van der Waals surface area contributed by atoms with Gasteiger partial charge in [-0.3, -0.25) is 0 Å². The maximum absolute atomic E-state index is 6.06. The molecule has 0 amide bonds. The third kappa shape index (κ3) is 2.77. The molecule has 4 rings (SSSR count). The third-order valence-corrected chi connectivity index (χ3v) is 4.87. The van der Waals surface area contributed by atoms with E-state index in [1.54, 1.807) is 11.3 Å². The van der Waals surface area contributed by atoms with Gasteiger partial charge in [0.05, 0.1) is 11.0 Å². The van der Waals surface area contributed by atoms with Crippen molar-refractivity contribution in [3.8, 4) is 11.5 Å². The van der Waals surface area contributed by atoms with E-state index < -0.39 is 0 Å². The number of nitrogens with zero attached hydrogens (tertiary/aromatic N) is 3. The molecule has 0 aliphatic rings. The topological polar surface area (TPSA) is 42.7 Å². The molecule has 0 aliphatic carbocycles. The number of thiazole rings is 1. The average molecular weight is 355 g/mol. The second-order valence-electron chi connectivity index (χ2n) is 5.66. The Morgan fingerprint density at radius 1 is 1.08 bits per heavy atom. The number of halogens is 1. The Morgan fingerprint density at radius 2 is 1.88 bits per heavy atom. The predicted molar refractivity (Wildman–Crippen MR) is 101 cm³/mol. The number of rotatable bonds is 3. The van der Waals surface area contributed by atoms with Crippen molar-refractivity contribution in [2.45, 2.75) is 6.92 Å². The normalized spacial score (nSPS) is 11.1. The molecular weight excluding hydrogens is 340 g/mol. The van der Waals surface area contributed by atoms with Crippen molar-refractivity contribution in [1.82, 2.24) is 14.5 Å². The summed E-state index contributed by atoms with van der Waals surface area (Å²) in [5, 5.41) is 6.88. The minimum atomic E-state index is 0.687. The molecule has 2 aromatic heterocycles. The maximum Gasteiger partial charge on any atom is 0.187 e. The fourth-order valence-corrected chi connectivity index (χ4v) is 3.47. The van der Waals surface area contributed by atoms with Crippen LogP contribution in [-0.4, -0.2) is 14.5 Å². The van der Waals surface area contributed by atoms with Crippen molar-refractivity contribution in [2.75, 3.05) is 5.32 Å². The quantitative estimate of drug-likeness (QED) is 0.535. The highest BCUT2D eigenvalue weighted by atomic mass is 35.5. The third-order valence-electron chi connectivity index (χ3n) is 3.88. The number of aromatic nitrogens is 3. The Labute approximate surface area is 148 Å². The molecule has 4 aromatic rings. The van der Waals surface area contributed by atoms with Gasteiger partial charge in [-0.1, -0.05) is 29.3 Å². The first-order chi connectivity index (χ1) is 11.6. The Hall–Kier alpha value is -2.37. The number of imidazole rings is 1. The zero-order chi connectivity index (χ0) is 16.7. The van der Waals surface area contributed by atoms with Gasteiger partial charge in [-0.2, -0.15) is 0 Å². The second kappa shape index (κ2) is 5.92. The van der Waals surface area contributed by atoms with Crippen LogP contribution in [0.4, 0.5) is 10.8 Å². The van der Waals surface area contributed by atoms with Gasteiger partial charge in [-0.15, -0.1) is 11.3 Å². The van der Waals surface area contributed by atoms with E-state index in [1.165, 1.54) is 5.56 Å². The molecule has 0 spiro atoms. The molecule has 120 valence electrons. The fourth-order valence-electron chi connectivity index (χ4n) is 2.60. The number of hydrogen-bond acceptors (Lipinski definition) is 4. The summed E-state index contributed by atoms with van der Waals surface area (Å²) in [7, 11) is 1.99. The van der Waals surface area contributed by atoms with Crippen molar-refractivity contribution < 1.29 is 0 Å². The Bertz CT molecular complexity index is 1020. The number of hydrogen-bond donors (Lipinski definition) is 1. The molecule has 4 nitrogen and oxygen atoms in total. The highest BCUT2D eigenvalue weighted by Gasteiger charge is 2.13. The van der Waals surface area contributed by atoms with Crippen molar-refractivity contribution >= 4 is 44.8 Å². The summed E-state index contributed by atoms with van der Waals surface area (Å²) in [5.41, 5.74) is 5.03. The average Bonchev–Trinajstić information content (AvgIpc) is 3.14. The highest BCUT2D eigenvalue weighted by molar-refractivity contribution is 7.14. The van der Waals surface area contributed by atoms with Crippen LogP contribution in [-0.2, 0) is 7.05 Å². The number of nitrogens with one attached hydrogen (secondary N) is 1. The molecule has 1 N–H and O–H groups in total. The van der Waals surface area contributed by atoms with Gasteiger partial charge in [0.15, 0.2) is 11.0 Å². The first-order valence-electron chi connectivity index (χ1n) is 7.52. The first-order valence-corrected chi connectivity index (χ1v) is 8.77. The van der Waals surface area contributed by atoms with Crippen LogP contribution in [0.1, 0.15) is 5.56 Å². The molecule has 0 saturated carbocycles. The standard InChI is InChI=1S/C18H15ClN4S/c1-11-3-6-13(7-4-11)20-18-22-15(10-24-18)17-21-14-9-12(19)5-8-16(14)23(17)2/h3-10H,1-2H3,(H,20,22). The van der Waals surface area contributed by atoms with E-state index in [0.29, 0.717) is 5.02 Å². The molecule has 0 aliphatic heterocycles. The van der Waals surface area contributed by atoms with Crippen LogP contribution in [0.25, 0.3) is 22.6 Å². The Morgan fingerprint density at radius 3 is 2.67 bits per heavy atom. The number of anilines is 2. The van der Waals surface area contributed by atoms with Crippen molar-refractivity contribution in [3.63, 3.8) is 0 Å². The number of fused-ring (bicyclic) bond motifs is 1. The van der Waals surface area contributed by atoms with Gasteiger partial charge < -0.3 is 9.88 Å². The van der Waals surface area contributed by atoms with Crippen LogP contribution in [0.3, 0.4) is 0 Å². The van der Waals surface area contributed by atoms with Gasteiger partial charge in [0.25, 0.3) is 0 Å². The van der Waals surface area contributed by atoms with E-state index >= 15 is 0 Å². The molecule has 0 saturated heterocycles. The van der Waals surface area contributed by atoms with Crippen molar-refractivity contribution in [3.05, 3.63) is 58.4 Å². The zero-order valence-corrected chi connectivity index (χ0v) is 14.8. The van der Waals surface area contributed by atoms with Gasteiger partial charge in [0.1, 0.15) is 5.69 Å². The van der Waals surface area contributed by atoms with Gasteiger partial charge >= 0.3 is 0 Å². The maximum atomic E-state index is 6.06. The molecule has 6 heteroatoms. The second-order valence-corrected chi connectivity index (χ2v) is 6.95. The van der Waals surface area contributed by atoms with E-state index in [0.717, 1.165) is 33.4 Å². The number of aryl methyl sites for hydroxylation is 2. The first kappa shape index (κ1) is 15.2. The lowest BCUT2D eigenvalue weighted by Crippen LogP contribution is -1.94. The minimum absolute atomic E-state index is 0.687. The summed E-state index contributed by atoms with van der Waals surface area (Å²) in [4.78, 5) is 9.34. The van der Waals surface area contributed by atoms with Crippen LogP contribution in [0, 0.1) is 6.92 Å². The van der Waals surface area contributed by atoms with Crippen LogP contribution in [0.5, 0.6) is 0 Å². The summed E-state index contributed by atoms with van der Waals surface area (Å²) in [6.07, 6.45) is 0. The van der Waals surface area contributed by atoms with E-state index in [1.807, 2.05) is 47.3 Å². The summed E-state index contributed by atoms with van der Waals surface area (Å²) >= 11 is 7.62. The van der Waals surface area contributed by atoms with E-state index in [4.69, 9.17) is 11.6 Å². The monoisotopic (exact) mass is 354 g/mol. The lowest BCUT2D eigenvalue weighted by Gasteiger charge is -2.02. The summed E-state index contributed by atoms with van der Waals surface area (Å²) in [5.74, 6) is 0.834. The summed E-state index contributed by atoms with van der Waals surface area (Å²) in [6.45, 7) is 2.07. The van der Waals surface area contributed by atoms with Gasteiger partial charge in [-0.25, -0.2) is 9.97 Å². The summed E-state index contributed by atoms with van der Waals surface area (Å²) in [6, 6.07) is 14.0. The van der Waals surface area contributed by atoms with Gasteiger partial charge in [0, 0.05) is 23.1 Å². The minimum Gasteiger partial charge on any atom is -0.332 e. The van der Waals surface area contributed by atoms with E-state index in [-0.39, 0.29) is 0 Å². The fraction of sp³-hybridized carbons (Fsp3) is 0.111. The van der Waals surface area contributed by atoms with Gasteiger partial charge in [0.2, 0.25) is 0 Å². The zero-order valence-electron chi connectivity index (χ0n) is 13.2. The van der Waals surface area contributed by atoms with E-state index in [9.17, 15) is 0 Å². The van der Waals surface area contributed by atoms with Crippen molar-refractivity contribution in [1.29, 1.82) is 0 Å². The van der Waals surface area contributed by atoms with Crippen LogP contribution >= 0.6 is 22.9 Å². The predicted octanol–water partition coefficient (Wildman–Crippen LogP) is 5.40. The lowest BCUT2D eigenvalue weighted by molar-refractivity contribution is 0.953. The van der Waals surface area contributed by atoms with Crippen LogP contribution in [0.15, 0.2) is 47.8 Å². The van der Waals surface area contributed by atoms with Crippen LogP contribution in [0.2, 0.25) is 5.02 Å². The smallest absolute Gasteiger partial charge is 0.187 e. The SMILES string of the molecule is Cc1ccc(Nc2nc(-c3nc4cc(Cl)ccc4n3C)cs2)cc1. The number of benzene rings is 2. The van der Waals surface area contributed by atoms with E-state index in [2.05, 4.69) is 34.3 Å². The molecule has 2 aromatic carbocycles. The molecule has 2 heterocycles. The summed E-state index contributed by atoms with van der Waals surface area (Å²) < 4.78 is 2.04. The molecule has 0 unspecified atom stereocenters. The molecule has 0 radical (unpaired) electrons. The van der Waals surface area contributed by atoms with Crippen molar-refractivity contribution in [2.24, 2.45) is 7.05 Å². The van der Waals surface area contributed by atoms with Crippen LogP contribution < -0.4 is 5.32 Å². The molecule has 24 heavy (non-hydrogen) atoms. The highest BCUT2D eigenvalue weighted by Crippen LogP contribution is 2.29. The molecular formula is C18H15ClN4S.